The first kappa shape index (κ1) is 14.6. The van der Waals surface area contributed by atoms with E-state index in [4.69, 9.17) is 0 Å². The maximum absolute atomic E-state index is 12.0. The van der Waals surface area contributed by atoms with Crippen molar-refractivity contribution in [3.8, 4) is 0 Å². The van der Waals surface area contributed by atoms with Crippen LogP contribution in [0.3, 0.4) is 0 Å². The van der Waals surface area contributed by atoms with Crippen molar-refractivity contribution < 1.29 is 9.59 Å². The van der Waals surface area contributed by atoms with Crippen LogP contribution in [-0.4, -0.2) is 40.8 Å². The molecular weight excluding hydrogens is 278 g/mol. The lowest BCUT2D eigenvalue weighted by atomic mass is 10.1. The Hall–Kier alpha value is -2.30. The molecule has 22 heavy (non-hydrogen) atoms. The first-order valence-electron chi connectivity index (χ1n) is 7.74. The van der Waals surface area contributed by atoms with Crippen molar-refractivity contribution in [1.82, 2.24) is 15.2 Å². The molecule has 0 spiro atoms. The Morgan fingerprint density at radius 1 is 1.32 bits per heavy atom. The summed E-state index contributed by atoms with van der Waals surface area (Å²) in [6, 6.07) is 8.40. The number of H-pyrrole nitrogens is 1. The fourth-order valence-electron chi connectivity index (χ4n) is 2.77. The van der Waals surface area contributed by atoms with E-state index < -0.39 is 0 Å². The van der Waals surface area contributed by atoms with Gasteiger partial charge in [-0.1, -0.05) is 18.2 Å². The summed E-state index contributed by atoms with van der Waals surface area (Å²) in [5.41, 5.74) is 2.31. The molecule has 2 N–H and O–H groups in total. The predicted octanol–water partition coefficient (Wildman–Crippen LogP) is 1.84. The summed E-state index contributed by atoms with van der Waals surface area (Å²) >= 11 is 0. The maximum Gasteiger partial charge on any atom is 0.239 e. The highest BCUT2D eigenvalue weighted by atomic mass is 16.2. The lowest BCUT2D eigenvalue weighted by Crippen LogP contribution is -2.41. The molecule has 5 nitrogen and oxygen atoms in total. The Balaban J connectivity index is 1.50. The third kappa shape index (κ3) is 3.30. The Bertz CT molecular complexity index is 688. The van der Waals surface area contributed by atoms with E-state index in [0.717, 1.165) is 24.8 Å². The number of hydrogen-bond acceptors (Lipinski definition) is 2. The van der Waals surface area contributed by atoms with Gasteiger partial charge in [0.05, 0.1) is 6.54 Å². The number of para-hydroxylation sites is 1. The van der Waals surface area contributed by atoms with Gasteiger partial charge in [-0.2, -0.15) is 0 Å². The Morgan fingerprint density at radius 3 is 2.82 bits per heavy atom. The van der Waals surface area contributed by atoms with Crippen molar-refractivity contribution in [3.63, 3.8) is 0 Å². The number of aromatic nitrogens is 1. The minimum Gasteiger partial charge on any atom is -0.361 e. The van der Waals surface area contributed by atoms with Crippen LogP contribution in [0.5, 0.6) is 0 Å². The minimum atomic E-state index is -0.0815. The van der Waals surface area contributed by atoms with E-state index in [2.05, 4.69) is 16.4 Å². The Morgan fingerprint density at radius 2 is 2.09 bits per heavy atom. The largest absolute Gasteiger partial charge is 0.361 e. The van der Waals surface area contributed by atoms with Crippen molar-refractivity contribution in [2.75, 3.05) is 13.1 Å². The molecule has 1 fully saturated rings. The zero-order chi connectivity index (χ0) is 15.5. The van der Waals surface area contributed by atoms with Gasteiger partial charge in [-0.25, -0.2) is 0 Å². The Labute approximate surface area is 129 Å². The summed E-state index contributed by atoms with van der Waals surface area (Å²) in [6.45, 7) is 2.28. The van der Waals surface area contributed by atoms with Crippen LogP contribution in [0, 0.1) is 0 Å². The topological polar surface area (TPSA) is 65.2 Å². The van der Waals surface area contributed by atoms with Crippen LogP contribution in [0.15, 0.2) is 30.5 Å². The van der Waals surface area contributed by atoms with Gasteiger partial charge < -0.3 is 15.2 Å². The molecule has 3 rings (SSSR count). The maximum atomic E-state index is 12.0. The molecule has 1 saturated carbocycles. The third-order valence-corrected chi connectivity index (χ3v) is 4.10. The number of nitrogens with one attached hydrogen (secondary N) is 2. The second-order valence-corrected chi connectivity index (χ2v) is 5.84. The smallest absolute Gasteiger partial charge is 0.239 e. The molecule has 0 aliphatic heterocycles. The van der Waals surface area contributed by atoms with Crippen LogP contribution >= 0.6 is 0 Å². The van der Waals surface area contributed by atoms with E-state index in [0.29, 0.717) is 6.54 Å². The molecule has 0 radical (unpaired) electrons. The summed E-state index contributed by atoms with van der Waals surface area (Å²) < 4.78 is 0. The van der Waals surface area contributed by atoms with Crippen LogP contribution in [0.4, 0.5) is 0 Å². The molecule has 1 aliphatic carbocycles. The van der Waals surface area contributed by atoms with E-state index in [9.17, 15) is 9.59 Å². The molecule has 2 aromatic rings. The molecule has 1 aliphatic rings. The number of fused-ring (bicyclic) bond motifs is 1. The van der Waals surface area contributed by atoms with E-state index >= 15 is 0 Å². The van der Waals surface area contributed by atoms with Crippen LogP contribution in [0.2, 0.25) is 0 Å². The number of aromatic amines is 1. The molecule has 2 amide bonds. The normalized spacial score (nSPS) is 14.0. The summed E-state index contributed by atoms with van der Waals surface area (Å²) in [5.74, 6) is -0.101. The molecule has 0 atom stereocenters. The number of hydrogen-bond donors (Lipinski definition) is 2. The number of carbonyl (C=O) groups is 2. The molecule has 0 saturated heterocycles. The quantitative estimate of drug-likeness (QED) is 0.855. The average molecular weight is 299 g/mol. The van der Waals surface area contributed by atoms with E-state index in [-0.39, 0.29) is 24.4 Å². The van der Waals surface area contributed by atoms with E-state index in [1.54, 1.807) is 4.90 Å². The van der Waals surface area contributed by atoms with Gasteiger partial charge >= 0.3 is 0 Å². The lowest BCUT2D eigenvalue weighted by molar-refractivity contribution is -0.134. The molecule has 1 aromatic heterocycles. The Kier molecular flexibility index (Phi) is 4.13. The van der Waals surface area contributed by atoms with Gasteiger partial charge in [0.1, 0.15) is 0 Å². The van der Waals surface area contributed by atoms with Gasteiger partial charge in [0, 0.05) is 36.6 Å². The summed E-state index contributed by atoms with van der Waals surface area (Å²) in [4.78, 5) is 28.4. The second kappa shape index (κ2) is 6.22. The number of amides is 2. The highest BCUT2D eigenvalue weighted by molar-refractivity contribution is 5.85. The van der Waals surface area contributed by atoms with Crippen molar-refractivity contribution in [2.24, 2.45) is 0 Å². The van der Waals surface area contributed by atoms with Crippen molar-refractivity contribution in [2.45, 2.75) is 32.2 Å². The fraction of sp³-hybridized carbons (Fsp3) is 0.412. The summed E-state index contributed by atoms with van der Waals surface area (Å²) in [6.07, 6.45) is 4.80. The zero-order valence-electron chi connectivity index (χ0n) is 12.8. The van der Waals surface area contributed by atoms with E-state index in [1.165, 1.54) is 17.9 Å². The van der Waals surface area contributed by atoms with Gasteiger partial charge in [-0.05, 0) is 30.9 Å². The van der Waals surface area contributed by atoms with Gasteiger partial charge in [0.25, 0.3) is 0 Å². The van der Waals surface area contributed by atoms with Crippen molar-refractivity contribution >= 4 is 22.7 Å². The standard InChI is InChI=1S/C17H21N3O2/c1-12(21)20(14-6-7-14)11-17(22)18-9-8-13-10-19-16-5-3-2-4-15(13)16/h2-5,10,14,19H,6-9,11H2,1H3,(H,18,22). The van der Waals surface area contributed by atoms with Crippen LogP contribution in [-0.2, 0) is 16.0 Å². The number of rotatable bonds is 6. The van der Waals surface area contributed by atoms with Crippen molar-refractivity contribution in [1.29, 1.82) is 0 Å². The fourth-order valence-corrected chi connectivity index (χ4v) is 2.77. The first-order chi connectivity index (χ1) is 10.6. The summed E-state index contributed by atoms with van der Waals surface area (Å²) in [5, 5.41) is 4.10. The molecule has 116 valence electrons. The monoisotopic (exact) mass is 299 g/mol. The molecular formula is C17H21N3O2. The van der Waals surface area contributed by atoms with Crippen LogP contribution in [0.1, 0.15) is 25.3 Å². The van der Waals surface area contributed by atoms with Gasteiger partial charge in [-0.15, -0.1) is 0 Å². The number of nitrogens with zero attached hydrogens (tertiary/aromatic N) is 1. The van der Waals surface area contributed by atoms with E-state index in [1.807, 2.05) is 24.4 Å². The highest BCUT2D eigenvalue weighted by Gasteiger charge is 2.31. The van der Waals surface area contributed by atoms with Crippen LogP contribution in [0.25, 0.3) is 10.9 Å². The molecule has 0 unspecified atom stereocenters. The van der Waals surface area contributed by atoms with Crippen LogP contribution < -0.4 is 5.32 Å². The zero-order valence-corrected chi connectivity index (χ0v) is 12.8. The lowest BCUT2D eigenvalue weighted by Gasteiger charge is -2.19. The van der Waals surface area contributed by atoms with Gasteiger partial charge in [-0.3, -0.25) is 9.59 Å². The molecule has 5 heteroatoms. The van der Waals surface area contributed by atoms with Crippen molar-refractivity contribution in [3.05, 3.63) is 36.0 Å². The first-order valence-corrected chi connectivity index (χ1v) is 7.74. The summed E-state index contributed by atoms with van der Waals surface area (Å²) in [7, 11) is 0. The second-order valence-electron chi connectivity index (χ2n) is 5.84. The number of benzene rings is 1. The van der Waals surface area contributed by atoms with Gasteiger partial charge in [0.15, 0.2) is 0 Å². The van der Waals surface area contributed by atoms with Gasteiger partial charge in [0.2, 0.25) is 11.8 Å². The third-order valence-electron chi connectivity index (χ3n) is 4.10. The molecule has 0 bridgehead atoms. The SMILES string of the molecule is CC(=O)N(CC(=O)NCCc1c[nH]c2ccccc12)C1CC1. The minimum absolute atomic E-state index is 0.0192. The average Bonchev–Trinajstić information content (AvgIpc) is 3.26. The predicted molar refractivity (Wildman–Crippen MR) is 85.4 cm³/mol. The molecule has 1 aromatic carbocycles. The highest BCUT2D eigenvalue weighted by Crippen LogP contribution is 2.26. The number of carbonyl (C=O) groups excluding carboxylic acids is 2. The molecule has 1 heterocycles.